The van der Waals surface area contributed by atoms with E-state index in [1.54, 1.807) is 0 Å². The quantitative estimate of drug-likeness (QED) is 0.763. The molecule has 1 aromatic rings. The van der Waals surface area contributed by atoms with E-state index in [2.05, 4.69) is 59.7 Å². The normalized spacial score (nSPS) is 12.9. The molecule has 1 nitrogen and oxygen atoms in total. The predicted molar refractivity (Wildman–Crippen MR) is 69.8 cm³/mol. The third-order valence-corrected chi connectivity index (χ3v) is 2.95. The van der Waals surface area contributed by atoms with Crippen LogP contribution in [0.15, 0.2) is 18.2 Å². The second kappa shape index (κ2) is 4.21. The van der Waals surface area contributed by atoms with Crippen molar-refractivity contribution in [3.8, 4) is 0 Å². The second-order valence-corrected chi connectivity index (χ2v) is 6.53. The van der Waals surface area contributed by atoms with Crippen LogP contribution in [-0.4, -0.2) is 5.11 Å². The van der Waals surface area contributed by atoms with Crippen LogP contribution in [0.1, 0.15) is 58.2 Å². The van der Waals surface area contributed by atoms with Crippen LogP contribution in [0, 0.1) is 0 Å². The van der Waals surface area contributed by atoms with Crippen molar-refractivity contribution in [1.82, 2.24) is 0 Å². The molecule has 1 aromatic carbocycles. The molecule has 0 aliphatic carbocycles. The largest absolute Gasteiger partial charge is 0.392 e. The molecular formula is C15H24O. The number of hydrogen-bond acceptors (Lipinski definition) is 1. The fraction of sp³-hybridized carbons (Fsp3) is 0.600. The van der Waals surface area contributed by atoms with Crippen LogP contribution in [0.25, 0.3) is 0 Å². The molecule has 90 valence electrons. The number of aliphatic hydroxyl groups excluding tert-OH is 1. The summed E-state index contributed by atoms with van der Waals surface area (Å²) in [6.45, 7) is 13.2. The van der Waals surface area contributed by atoms with Crippen molar-refractivity contribution < 1.29 is 5.11 Å². The van der Waals surface area contributed by atoms with Gasteiger partial charge in [-0.05, 0) is 27.5 Å². The fourth-order valence-corrected chi connectivity index (χ4v) is 1.92. The van der Waals surface area contributed by atoms with E-state index in [0.29, 0.717) is 0 Å². The van der Waals surface area contributed by atoms with E-state index in [4.69, 9.17) is 0 Å². The highest BCUT2D eigenvalue weighted by atomic mass is 16.3. The molecule has 0 aliphatic heterocycles. The molecule has 0 saturated heterocycles. The summed E-state index contributed by atoms with van der Waals surface area (Å²) >= 11 is 0. The van der Waals surface area contributed by atoms with Gasteiger partial charge in [-0.1, -0.05) is 59.7 Å². The summed E-state index contributed by atoms with van der Waals surface area (Å²) in [4.78, 5) is 0. The lowest BCUT2D eigenvalue weighted by molar-refractivity contribution is 0.278. The predicted octanol–water partition coefficient (Wildman–Crippen LogP) is 3.77. The monoisotopic (exact) mass is 220 g/mol. The second-order valence-electron chi connectivity index (χ2n) is 6.53. The first kappa shape index (κ1) is 13.2. The van der Waals surface area contributed by atoms with Gasteiger partial charge >= 0.3 is 0 Å². The maximum Gasteiger partial charge on any atom is 0.0684 e. The van der Waals surface area contributed by atoms with Gasteiger partial charge in [0, 0.05) is 0 Å². The molecule has 0 atom stereocenters. The van der Waals surface area contributed by atoms with Crippen LogP contribution in [0.2, 0.25) is 0 Å². The first-order chi connectivity index (χ1) is 7.16. The Morgan fingerprint density at radius 2 is 1.50 bits per heavy atom. The molecule has 0 aliphatic rings. The number of rotatable bonds is 1. The maximum atomic E-state index is 9.47. The summed E-state index contributed by atoms with van der Waals surface area (Å²) in [6.07, 6.45) is 0. The Hall–Kier alpha value is -0.820. The van der Waals surface area contributed by atoms with Gasteiger partial charge in [0.1, 0.15) is 0 Å². The van der Waals surface area contributed by atoms with E-state index in [-0.39, 0.29) is 17.4 Å². The Balaban J connectivity index is 3.28. The van der Waals surface area contributed by atoms with Crippen molar-refractivity contribution in [3.05, 3.63) is 34.9 Å². The molecule has 0 spiro atoms. The summed E-state index contributed by atoms with van der Waals surface area (Å²) in [6, 6.07) is 6.48. The Bertz CT molecular complexity index is 364. The highest BCUT2D eigenvalue weighted by Crippen LogP contribution is 2.30. The summed E-state index contributed by atoms with van der Waals surface area (Å²) in [5, 5.41) is 9.47. The highest BCUT2D eigenvalue weighted by molar-refractivity contribution is 5.38. The van der Waals surface area contributed by atoms with E-state index in [1.807, 2.05) is 0 Å². The molecule has 0 amide bonds. The van der Waals surface area contributed by atoms with Crippen molar-refractivity contribution in [2.75, 3.05) is 0 Å². The van der Waals surface area contributed by atoms with Gasteiger partial charge in [-0.25, -0.2) is 0 Å². The first-order valence-electron chi connectivity index (χ1n) is 5.91. The number of hydrogen-bond donors (Lipinski definition) is 1. The molecule has 0 aromatic heterocycles. The minimum atomic E-state index is 0.0917. The van der Waals surface area contributed by atoms with E-state index in [9.17, 15) is 5.11 Å². The average molecular weight is 220 g/mol. The molecule has 0 unspecified atom stereocenters. The standard InChI is InChI=1S/C15H24O/c1-14(2,3)12-7-8-13(15(4,5)6)11(9-12)10-16/h7-9,16H,10H2,1-6H3. The smallest absolute Gasteiger partial charge is 0.0684 e. The zero-order chi connectivity index (χ0) is 12.6. The maximum absolute atomic E-state index is 9.47. The summed E-state index contributed by atoms with van der Waals surface area (Å²) in [5.74, 6) is 0. The topological polar surface area (TPSA) is 20.2 Å². The van der Waals surface area contributed by atoms with Gasteiger partial charge in [-0.15, -0.1) is 0 Å². The third kappa shape index (κ3) is 2.85. The molecule has 0 fully saturated rings. The number of benzene rings is 1. The summed E-state index contributed by atoms with van der Waals surface area (Å²) < 4.78 is 0. The minimum Gasteiger partial charge on any atom is -0.392 e. The van der Waals surface area contributed by atoms with Gasteiger partial charge in [-0.3, -0.25) is 0 Å². The zero-order valence-corrected chi connectivity index (χ0v) is 11.4. The minimum absolute atomic E-state index is 0.0917. The van der Waals surface area contributed by atoms with Gasteiger partial charge in [0.2, 0.25) is 0 Å². The van der Waals surface area contributed by atoms with Gasteiger partial charge in [-0.2, -0.15) is 0 Å². The van der Waals surface area contributed by atoms with Gasteiger partial charge < -0.3 is 5.11 Å². The molecule has 0 bridgehead atoms. The van der Waals surface area contributed by atoms with Crippen LogP contribution in [-0.2, 0) is 17.4 Å². The molecular weight excluding hydrogens is 196 g/mol. The summed E-state index contributed by atoms with van der Waals surface area (Å²) in [7, 11) is 0. The van der Waals surface area contributed by atoms with Crippen LogP contribution >= 0.6 is 0 Å². The molecule has 0 heterocycles. The lowest BCUT2D eigenvalue weighted by Gasteiger charge is -2.26. The van der Waals surface area contributed by atoms with Crippen LogP contribution in [0.3, 0.4) is 0 Å². The van der Waals surface area contributed by atoms with Crippen molar-refractivity contribution >= 4 is 0 Å². The Morgan fingerprint density at radius 3 is 1.88 bits per heavy atom. The molecule has 16 heavy (non-hydrogen) atoms. The summed E-state index contributed by atoms with van der Waals surface area (Å²) in [5.41, 5.74) is 3.81. The Labute approximate surface area is 99.5 Å². The van der Waals surface area contributed by atoms with Gasteiger partial charge in [0.25, 0.3) is 0 Å². The molecule has 0 radical (unpaired) electrons. The SMILES string of the molecule is CC(C)(C)c1ccc(C(C)(C)C)c(CO)c1. The molecule has 1 N–H and O–H groups in total. The fourth-order valence-electron chi connectivity index (χ4n) is 1.92. The van der Waals surface area contributed by atoms with E-state index in [0.717, 1.165) is 5.56 Å². The van der Waals surface area contributed by atoms with Gasteiger partial charge in [0.15, 0.2) is 0 Å². The lowest BCUT2D eigenvalue weighted by atomic mass is 9.79. The highest BCUT2D eigenvalue weighted by Gasteiger charge is 2.20. The Morgan fingerprint density at radius 1 is 0.938 bits per heavy atom. The third-order valence-electron chi connectivity index (χ3n) is 2.95. The van der Waals surface area contributed by atoms with E-state index in [1.165, 1.54) is 11.1 Å². The average Bonchev–Trinajstić information content (AvgIpc) is 2.14. The van der Waals surface area contributed by atoms with Crippen LogP contribution in [0.5, 0.6) is 0 Å². The first-order valence-corrected chi connectivity index (χ1v) is 5.91. The van der Waals surface area contributed by atoms with E-state index < -0.39 is 0 Å². The molecule has 1 rings (SSSR count). The van der Waals surface area contributed by atoms with Crippen molar-refractivity contribution in [2.24, 2.45) is 0 Å². The van der Waals surface area contributed by atoms with E-state index >= 15 is 0 Å². The van der Waals surface area contributed by atoms with Crippen LogP contribution < -0.4 is 0 Å². The van der Waals surface area contributed by atoms with Crippen molar-refractivity contribution in [3.63, 3.8) is 0 Å². The Kier molecular flexibility index (Phi) is 3.49. The lowest BCUT2D eigenvalue weighted by Crippen LogP contribution is -2.17. The zero-order valence-electron chi connectivity index (χ0n) is 11.4. The molecule has 0 saturated carbocycles. The van der Waals surface area contributed by atoms with Crippen molar-refractivity contribution in [2.45, 2.75) is 59.0 Å². The van der Waals surface area contributed by atoms with Gasteiger partial charge in [0.05, 0.1) is 6.61 Å². The van der Waals surface area contributed by atoms with Crippen LogP contribution in [0.4, 0.5) is 0 Å². The van der Waals surface area contributed by atoms with Crippen molar-refractivity contribution in [1.29, 1.82) is 0 Å². The molecule has 1 heteroatoms. The number of aliphatic hydroxyl groups is 1.